The summed E-state index contributed by atoms with van der Waals surface area (Å²) in [5, 5.41) is 4.04. The maximum Gasteiger partial charge on any atom is 0.419 e. The molecule has 1 aliphatic rings. The molecule has 1 aromatic heterocycles. The molecular formula is C21H18F4N2O2. The van der Waals surface area contributed by atoms with Gasteiger partial charge in [-0.2, -0.15) is 13.2 Å². The number of alkyl halides is 3. The highest BCUT2D eigenvalue weighted by Crippen LogP contribution is 2.35. The molecule has 0 fully saturated rings. The fraction of sp³-hybridized carbons (Fsp3) is 0.286. The Hall–Kier alpha value is -2.87. The van der Waals surface area contributed by atoms with Crippen molar-refractivity contribution in [2.24, 2.45) is 0 Å². The molecule has 1 N–H and O–H groups in total. The van der Waals surface area contributed by atoms with E-state index in [9.17, 15) is 22.4 Å². The zero-order chi connectivity index (χ0) is 20.6. The second kappa shape index (κ2) is 7.51. The molecule has 0 aliphatic carbocycles. The lowest BCUT2D eigenvalue weighted by Gasteiger charge is -2.12. The van der Waals surface area contributed by atoms with Gasteiger partial charge in [0.2, 0.25) is 5.78 Å². The molecule has 2 heterocycles. The molecule has 8 heteroatoms. The van der Waals surface area contributed by atoms with Crippen LogP contribution in [0.1, 0.15) is 21.6 Å². The second-order valence-corrected chi connectivity index (χ2v) is 6.82. The molecule has 29 heavy (non-hydrogen) atoms. The third-order valence-corrected chi connectivity index (χ3v) is 5.04. The monoisotopic (exact) mass is 406 g/mol. The molecule has 3 aromatic rings. The first-order valence-corrected chi connectivity index (χ1v) is 9.20. The van der Waals surface area contributed by atoms with E-state index in [1.165, 1.54) is 0 Å². The summed E-state index contributed by atoms with van der Waals surface area (Å²) in [5.41, 5.74) is 0.836. The summed E-state index contributed by atoms with van der Waals surface area (Å²) in [7, 11) is 0. The zero-order valence-corrected chi connectivity index (χ0v) is 15.4. The number of nitrogens with one attached hydrogen (secondary N) is 1. The van der Waals surface area contributed by atoms with Gasteiger partial charge in [-0.3, -0.25) is 4.79 Å². The van der Waals surface area contributed by atoms with E-state index in [2.05, 4.69) is 9.88 Å². The van der Waals surface area contributed by atoms with Crippen molar-refractivity contribution >= 4 is 16.7 Å². The highest BCUT2D eigenvalue weighted by molar-refractivity contribution is 6.10. The number of Topliss-reactive ketones (excluding diaryl/α,β-unsaturated/α-hetero) is 1. The van der Waals surface area contributed by atoms with Crippen molar-refractivity contribution in [3.05, 3.63) is 65.1 Å². The minimum atomic E-state index is -4.84. The number of aromatic nitrogens is 1. The maximum atomic E-state index is 14.2. The minimum absolute atomic E-state index is 0.395. The lowest BCUT2D eigenvalue weighted by Crippen LogP contribution is -2.18. The molecule has 1 aliphatic heterocycles. The Morgan fingerprint density at radius 1 is 1.10 bits per heavy atom. The Morgan fingerprint density at radius 2 is 1.90 bits per heavy atom. The number of carbonyl (C=O) groups excluding carboxylic acids is 1. The van der Waals surface area contributed by atoms with Gasteiger partial charge in [-0.05, 0) is 18.2 Å². The predicted molar refractivity (Wildman–Crippen MR) is 99.7 cm³/mol. The van der Waals surface area contributed by atoms with E-state index >= 15 is 0 Å². The Bertz CT molecular complexity index is 1070. The molecule has 4 rings (SSSR count). The van der Waals surface area contributed by atoms with Crippen LogP contribution in [0, 0.1) is 5.82 Å². The second-order valence-electron chi connectivity index (χ2n) is 6.82. The normalized spacial score (nSPS) is 14.5. The minimum Gasteiger partial charge on any atom is -0.482 e. The summed E-state index contributed by atoms with van der Waals surface area (Å²) in [4.78, 5) is 13.0. The average Bonchev–Trinajstić information content (AvgIpc) is 2.82. The van der Waals surface area contributed by atoms with E-state index in [-0.39, 0.29) is 0 Å². The fourth-order valence-electron chi connectivity index (χ4n) is 3.76. The lowest BCUT2D eigenvalue weighted by atomic mass is 10.1. The zero-order valence-electron chi connectivity index (χ0n) is 15.4. The van der Waals surface area contributed by atoms with E-state index < -0.39 is 35.7 Å². The fourth-order valence-corrected chi connectivity index (χ4v) is 3.76. The third kappa shape index (κ3) is 3.60. The van der Waals surface area contributed by atoms with Gasteiger partial charge in [0.25, 0.3) is 0 Å². The molecule has 152 valence electrons. The smallest absolute Gasteiger partial charge is 0.419 e. The third-order valence-electron chi connectivity index (χ3n) is 5.04. The number of carbonyl (C=O) groups is 1. The molecule has 0 spiro atoms. The van der Waals surface area contributed by atoms with Gasteiger partial charge in [-0.25, -0.2) is 4.39 Å². The van der Waals surface area contributed by atoms with Gasteiger partial charge < -0.3 is 14.6 Å². The molecule has 0 unspecified atom stereocenters. The number of ketones is 1. The Morgan fingerprint density at radius 3 is 2.69 bits per heavy atom. The van der Waals surface area contributed by atoms with Gasteiger partial charge in [-0.1, -0.05) is 24.3 Å². The van der Waals surface area contributed by atoms with Crippen molar-refractivity contribution in [2.75, 3.05) is 19.7 Å². The number of ether oxygens (including phenoxy) is 1. The van der Waals surface area contributed by atoms with E-state index in [0.717, 1.165) is 35.3 Å². The van der Waals surface area contributed by atoms with Crippen LogP contribution in [0.25, 0.3) is 10.9 Å². The van der Waals surface area contributed by atoms with Crippen molar-refractivity contribution in [2.45, 2.75) is 19.1 Å². The van der Waals surface area contributed by atoms with Crippen LogP contribution in [-0.4, -0.2) is 30.0 Å². The van der Waals surface area contributed by atoms with Crippen LogP contribution in [0.15, 0.2) is 42.5 Å². The van der Waals surface area contributed by atoms with Crippen molar-refractivity contribution < 1.29 is 27.1 Å². The van der Waals surface area contributed by atoms with E-state index in [1.54, 1.807) is 0 Å². The predicted octanol–water partition coefficient (Wildman–Crippen LogP) is 4.21. The topological polar surface area (TPSA) is 43.3 Å². The Kier molecular flexibility index (Phi) is 5.04. The highest BCUT2D eigenvalue weighted by Gasteiger charge is 2.35. The summed E-state index contributed by atoms with van der Waals surface area (Å²) in [6, 6.07) is 10.2. The van der Waals surface area contributed by atoms with Crippen molar-refractivity contribution in [1.29, 1.82) is 0 Å². The Labute approximate surface area is 164 Å². The summed E-state index contributed by atoms with van der Waals surface area (Å²) >= 11 is 0. The van der Waals surface area contributed by atoms with Crippen LogP contribution in [0.4, 0.5) is 17.6 Å². The SMILES string of the molecule is O=C(COc1cccc(C(F)(F)F)c1F)c1c2n(c3ccccc13)CCNCC2. The molecule has 0 amide bonds. The van der Waals surface area contributed by atoms with Crippen LogP contribution in [0.5, 0.6) is 5.75 Å². The molecule has 0 saturated carbocycles. The van der Waals surface area contributed by atoms with Gasteiger partial charge >= 0.3 is 6.18 Å². The van der Waals surface area contributed by atoms with Crippen LogP contribution < -0.4 is 10.1 Å². The lowest BCUT2D eigenvalue weighted by molar-refractivity contribution is -0.140. The molecule has 0 bridgehead atoms. The molecule has 0 radical (unpaired) electrons. The van der Waals surface area contributed by atoms with Crippen LogP contribution in [0.2, 0.25) is 0 Å². The number of fused-ring (bicyclic) bond motifs is 3. The van der Waals surface area contributed by atoms with Crippen LogP contribution in [0.3, 0.4) is 0 Å². The molecule has 0 saturated heterocycles. The molecule has 4 nitrogen and oxygen atoms in total. The van der Waals surface area contributed by atoms with Crippen molar-refractivity contribution in [3.8, 4) is 5.75 Å². The van der Waals surface area contributed by atoms with E-state index in [1.807, 2.05) is 24.3 Å². The number of halogens is 4. The van der Waals surface area contributed by atoms with E-state index in [0.29, 0.717) is 31.1 Å². The number of hydrogen-bond donors (Lipinski definition) is 1. The highest BCUT2D eigenvalue weighted by atomic mass is 19.4. The number of hydrogen-bond acceptors (Lipinski definition) is 3. The molecular weight excluding hydrogens is 388 g/mol. The van der Waals surface area contributed by atoms with Crippen molar-refractivity contribution in [3.63, 3.8) is 0 Å². The number of nitrogens with zero attached hydrogens (tertiary/aromatic N) is 1. The van der Waals surface area contributed by atoms with Gasteiger partial charge in [0, 0.05) is 42.7 Å². The summed E-state index contributed by atoms with van der Waals surface area (Å²) < 4.78 is 60.1. The largest absolute Gasteiger partial charge is 0.482 e. The maximum absolute atomic E-state index is 14.2. The first-order valence-electron chi connectivity index (χ1n) is 9.20. The van der Waals surface area contributed by atoms with Gasteiger partial charge in [0.05, 0.1) is 11.1 Å². The summed E-state index contributed by atoms with van der Waals surface area (Å²) in [6.07, 6.45) is -4.20. The van der Waals surface area contributed by atoms with E-state index in [4.69, 9.17) is 4.74 Å². The number of benzene rings is 2. The first-order chi connectivity index (χ1) is 13.9. The number of para-hydroxylation sites is 1. The molecule has 2 aromatic carbocycles. The first kappa shape index (κ1) is 19.4. The summed E-state index contributed by atoms with van der Waals surface area (Å²) in [5.74, 6) is -2.50. The Balaban J connectivity index is 1.65. The van der Waals surface area contributed by atoms with Crippen LogP contribution in [-0.2, 0) is 19.1 Å². The van der Waals surface area contributed by atoms with Gasteiger partial charge in [0.1, 0.15) is 0 Å². The van der Waals surface area contributed by atoms with Gasteiger partial charge in [-0.15, -0.1) is 0 Å². The summed E-state index contributed by atoms with van der Waals surface area (Å²) in [6.45, 7) is 1.63. The standard InChI is InChI=1S/C21H18F4N2O2/c22-20-14(21(23,24)25)5-3-7-18(20)29-12-17(28)19-13-4-1-2-6-15(13)27-11-10-26-9-8-16(19)27/h1-7,26H,8-12H2. The molecule has 0 atom stereocenters. The van der Waals surface area contributed by atoms with Crippen molar-refractivity contribution in [1.82, 2.24) is 9.88 Å². The average molecular weight is 406 g/mol. The van der Waals surface area contributed by atoms with Gasteiger partial charge in [0.15, 0.2) is 18.2 Å². The number of rotatable bonds is 4. The van der Waals surface area contributed by atoms with Crippen LogP contribution >= 0.6 is 0 Å². The quantitative estimate of drug-likeness (QED) is 0.522.